The number of morpholine rings is 1. The van der Waals surface area contributed by atoms with Gasteiger partial charge in [-0.25, -0.2) is 0 Å². The third-order valence-corrected chi connectivity index (χ3v) is 4.52. The highest BCUT2D eigenvalue weighted by molar-refractivity contribution is 4.80. The summed E-state index contributed by atoms with van der Waals surface area (Å²) >= 11 is 0. The first kappa shape index (κ1) is 16.2. The van der Waals surface area contributed by atoms with Gasteiger partial charge in [-0.05, 0) is 32.5 Å². The van der Waals surface area contributed by atoms with Crippen LogP contribution in [0.25, 0.3) is 0 Å². The lowest BCUT2D eigenvalue weighted by Gasteiger charge is -2.30. The van der Waals surface area contributed by atoms with Gasteiger partial charge in [0.15, 0.2) is 0 Å². The van der Waals surface area contributed by atoms with Gasteiger partial charge in [-0.2, -0.15) is 0 Å². The molecule has 2 atom stereocenters. The first-order valence-corrected chi connectivity index (χ1v) is 8.06. The van der Waals surface area contributed by atoms with E-state index in [2.05, 4.69) is 28.7 Å². The van der Waals surface area contributed by atoms with E-state index in [1.165, 1.54) is 13.0 Å². The summed E-state index contributed by atoms with van der Waals surface area (Å²) in [7, 11) is 2.19. The van der Waals surface area contributed by atoms with Crippen LogP contribution in [0.3, 0.4) is 0 Å². The molecular weight excluding hydrogens is 254 g/mol. The van der Waals surface area contributed by atoms with E-state index in [4.69, 9.17) is 4.74 Å². The Morgan fingerprint density at radius 2 is 1.90 bits per heavy atom. The molecule has 2 fully saturated rings. The van der Waals surface area contributed by atoms with Crippen molar-refractivity contribution in [1.29, 1.82) is 0 Å². The van der Waals surface area contributed by atoms with Crippen LogP contribution in [0.1, 0.15) is 13.3 Å². The maximum Gasteiger partial charge on any atom is 0.0793 e. The lowest BCUT2D eigenvalue weighted by molar-refractivity contribution is 0.00827. The van der Waals surface area contributed by atoms with E-state index in [0.717, 1.165) is 64.9 Å². The molecule has 2 saturated heterocycles. The van der Waals surface area contributed by atoms with E-state index in [1.807, 2.05) is 0 Å². The quantitative estimate of drug-likeness (QED) is 0.710. The Balaban J connectivity index is 1.63. The summed E-state index contributed by atoms with van der Waals surface area (Å²) in [4.78, 5) is 7.13. The molecule has 2 rings (SSSR count). The van der Waals surface area contributed by atoms with E-state index < -0.39 is 0 Å². The van der Waals surface area contributed by atoms with Crippen molar-refractivity contribution < 1.29 is 9.84 Å². The van der Waals surface area contributed by atoms with E-state index >= 15 is 0 Å². The topological polar surface area (TPSA) is 39.2 Å². The fraction of sp³-hybridized carbons (Fsp3) is 1.00. The molecule has 0 radical (unpaired) electrons. The highest BCUT2D eigenvalue weighted by Crippen LogP contribution is 2.17. The fourth-order valence-corrected chi connectivity index (χ4v) is 3.24. The van der Waals surface area contributed by atoms with Gasteiger partial charge in [-0.3, -0.25) is 4.90 Å². The molecule has 0 aliphatic carbocycles. The van der Waals surface area contributed by atoms with Crippen LogP contribution in [-0.2, 0) is 4.74 Å². The Labute approximate surface area is 123 Å². The summed E-state index contributed by atoms with van der Waals surface area (Å²) in [5.41, 5.74) is 0. The second-order valence-corrected chi connectivity index (χ2v) is 6.34. The normalized spacial score (nSPS) is 27.3. The van der Waals surface area contributed by atoms with Gasteiger partial charge in [0.05, 0.1) is 19.3 Å². The summed E-state index contributed by atoms with van der Waals surface area (Å²) in [6.07, 6.45) is 1.05. The molecule has 2 aliphatic heterocycles. The molecule has 5 nitrogen and oxygen atoms in total. The van der Waals surface area contributed by atoms with Crippen LogP contribution in [0.5, 0.6) is 0 Å². The molecule has 0 amide bonds. The highest BCUT2D eigenvalue weighted by Gasteiger charge is 2.25. The molecule has 2 unspecified atom stereocenters. The Morgan fingerprint density at radius 3 is 2.60 bits per heavy atom. The summed E-state index contributed by atoms with van der Waals surface area (Å²) in [6.45, 7) is 11.9. The molecule has 0 aromatic carbocycles. The molecule has 2 heterocycles. The van der Waals surface area contributed by atoms with Gasteiger partial charge in [-0.1, -0.05) is 6.92 Å². The van der Waals surface area contributed by atoms with Crippen LogP contribution in [0.4, 0.5) is 0 Å². The van der Waals surface area contributed by atoms with Gasteiger partial charge in [0.25, 0.3) is 0 Å². The molecule has 5 heteroatoms. The van der Waals surface area contributed by atoms with E-state index in [9.17, 15) is 5.11 Å². The first-order chi connectivity index (χ1) is 9.67. The molecule has 0 saturated carbocycles. The lowest BCUT2D eigenvalue weighted by atomic mass is 10.1. The predicted molar refractivity (Wildman–Crippen MR) is 81.0 cm³/mol. The van der Waals surface area contributed by atoms with E-state index in [1.54, 1.807) is 0 Å². The summed E-state index contributed by atoms with van der Waals surface area (Å²) < 4.78 is 5.34. The van der Waals surface area contributed by atoms with E-state index in [0.29, 0.717) is 0 Å². The maximum absolute atomic E-state index is 10.2. The predicted octanol–water partition coefficient (Wildman–Crippen LogP) is -0.0469. The van der Waals surface area contributed by atoms with Gasteiger partial charge in [0.1, 0.15) is 0 Å². The van der Waals surface area contributed by atoms with Crippen LogP contribution in [0.2, 0.25) is 0 Å². The zero-order valence-electron chi connectivity index (χ0n) is 13.1. The van der Waals surface area contributed by atoms with Crippen molar-refractivity contribution in [3.05, 3.63) is 0 Å². The second kappa shape index (κ2) is 8.29. The SMILES string of the molecule is CCN(C)CC1CCN(CC(O)CN2CCOCC2)C1. The number of rotatable bonds is 7. The Bertz CT molecular complexity index is 272. The monoisotopic (exact) mass is 285 g/mol. The van der Waals surface area contributed by atoms with Gasteiger partial charge in [-0.15, -0.1) is 0 Å². The second-order valence-electron chi connectivity index (χ2n) is 6.34. The minimum atomic E-state index is -0.226. The van der Waals surface area contributed by atoms with Crippen molar-refractivity contribution in [3.8, 4) is 0 Å². The highest BCUT2D eigenvalue weighted by atomic mass is 16.5. The van der Waals surface area contributed by atoms with Gasteiger partial charge in [0, 0.05) is 39.3 Å². The van der Waals surface area contributed by atoms with Gasteiger partial charge < -0.3 is 19.6 Å². The minimum Gasteiger partial charge on any atom is -0.390 e. The smallest absolute Gasteiger partial charge is 0.0793 e. The van der Waals surface area contributed by atoms with Crippen molar-refractivity contribution in [3.63, 3.8) is 0 Å². The van der Waals surface area contributed by atoms with Crippen LogP contribution < -0.4 is 0 Å². The Kier molecular flexibility index (Phi) is 6.71. The Hall–Kier alpha value is -0.200. The van der Waals surface area contributed by atoms with Crippen LogP contribution in [0.15, 0.2) is 0 Å². The molecule has 2 aliphatic rings. The minimum absolute atomic E-state index is 0.226. The van der Waals surface area contributed by atoms with Crippen molar-refractivity contribution in [2.24, 2.45) is 5.92 Å². The van der Waals surface area contributed by atoms with Crippen molar-refractivity contribution in [1.82, 2.24) is 14.7 Å². The number of aliphatic hydroxyl groups is 1. The number of hydrogen-bond acceptors (Lipinski definition) is 5. The third kappa shape index (κ3) is 5.30. The van der Waals surface area contributed by atoms with Crippen molar-refractivity contribution >= 4 is 0 Å². The molecule has 0 aromatic rings. The summed E-state index contributed by atoms with van der Waals surface area (Å²) in [5.74, 6) is 0.774. The molecule has 20 heavy (non-hydrogen) atoms. The van der Waals surface area contributed by atoms with Crippen molar-refractivity contribution in [2.75, 3.05) is 72.6 Å². The lowest BCUT2D eigenvalue weighted by Crippen LogP contribution is -2.44. The zero-order valence-corrected chi connectivity index (χ0v) is 13.1. The standard InChI is InChI=1S/C15H31N3O2/c1-3-16(2)10-14-4-5-18(11-14)13-15(19)12-17-6-8-20-9-7-17/h14-15,19H,3-13H2,1-2H3. The number of hydrogen-bond donors (Lipinski definition) is 1. The third-order valence-electron chi connectivity index (χ3n) is 4.52. The van der Waals surface area contributed by atoms with Crippen LogP contribution in [0, 0.1) is 5.92 Å². The molecular formula is C15H31N3O2. The molecule has 0 spiro atoms. The zero-order chi connectivity index (χ0) is 14.4. The van der Waals surface area contributed by atoms with Crippen LogP contribution >= 0.6 is 0 Å². The van der Waals surface area contributed by atoms with Crippen LogP contribution in [-0.4, -0.2) is 98.5 Å². The van der Waals surface area contributed by atoms with Gasteiger partial charge >= 0.3 is 0 Å². The molecule has 1 N–H and O–H groups in total. The molecule has 118 valence electrons. The number of ether oxygens (including phenoxy) is 1. The molecule has 0 aromatic heterocycles. The van der Waals surface area contributed by atoms with Gasteiger partial charge in [0.2, 0.25) is 0 Å². The maximum atomic E-state index is 10.2. The average molecular weight is 285 g/mol. The number of β-amino-alcohol motifs (C(OH)–C–C–N with tert-alkyl or cyclic N) is 1. The summed E-state index contributed by atoms with van der Waals surface area (Å²) in [6, 6.07) is 0. The first-order valence-electron chi connectivity index (χ1n) is 8.06. The van der Waals surface area contributed by atoms with Crippen molar-refractivity contribution in [2.45, 2.75) is 19.4 Å². The fourth-order valence-electron chi connectivity index (χ4n) is 3.24. The molecule has 0 bridgehead atoms. The largest absolute Gasteiger partial charge is 0.390 e. The Morgan fingerprint density at radius 1 is 1.20 bits per heavy atom. The number of nitrogens with zero attached hydrogens (tertiary/aromatic N) is 3. The number of aliphatic hydroxyl groups excluding tert-OH is 1. The number of likely N-dealkylation sites (tertiary alicyclic amines) is 1. The average Bonchev–Trinajstić information content (AvgIpc) is 2.86. The summed E-state index contributed by atoms with van der Waals surface area (Å²) in [5, 5.41) is 10.2. The van der Waals surface area contributed by atoms with E-state index in [-0.39, 0.29) is 6.10 Å².